The van der Waals surface area contributed by atoms with Gasteiger partial charge in [0, 0.05) is 17.8 Å². The number of H-pyrrole nitrogens is 1. The maximum Gasteiger partial charge on any atom is 0.259 e. The van der Waals surface area contributed by atoms with E-state index in [0.717, 1.165) is 31.2 Å². The number of pyridine rings is 1. The average Bonchev–Trinajstić information content (AvgIpc) is 2.87. The first-order valence-electron chi connectivity index (χ1n) is 9.38. The van der Waals surface area contributed by atoms with Gasteiger partial charge in [0.2, 0.25) is 0 Å². The lowest BCUT2D eigenvalue weighted by molar-refractivity contribution is -0.0753. The van der Waals surface area contributed by atoms with Gasteiger partial charge in [0.15, 0.2) is 0 Å². The minimum absolute atomic E-state index is 0.0948. The number of nitrogens with zero attached hydrogens (tertiary/aromatic N) is 1. The number of nitrogens with one attached hydrogen (secondary N) is 1. The molecule has 0 aliphatic carbocycles. The molecule has 3 atom stereocenters. The number of aryl methyl sites for hydroxylation is 2. The highest BCUT2D eigenvalue weighted by molar-refractivity contribution is 5.85. The molecule has 3 unspecified atom stereocenters. The van der Waals surface area contributed by atoms with E-state index in [1.165, 1.54) is 6.07 Å². The van der Waals surface area contributed by atoms with Crippen molar-refractivity contribution < 1.29 is 14.6 Å². The van der Waals surface area contributed by atoms with E-state index >= 15 is 0 Å². The van der Waals surface area contributed by atoms with Crippen LogP contribution in [0.5, 0.6) is 0 Å². The minimum Gasteiger partial charge on any atom is -0.393 e. The predicted molar refractivity (Wildman–Crippen MR) is 97.5 cm³/mol. The molecule has 140 valence electrons. The summed E-state index contributed by atoms with van der Waals surface area (Å²) in [7, 11) is 0. The van der Waals surface area contributed by atoms with Crippen LogP contribution in [0.25, 0.3) is 10.8 Å². The number of fused-ring (bicyclic) bond motifs is 3. The molecule has 4 rings (SSSR count). The van der Waals surface area contributed by atoms with Gasteiger partial charge in [-0.2, -0.15) is 0 Å². The van der Waals surface area contributed by atoms with E-state index in [9.17, 15) is 19.4 Å². The summed E-state index contributed by atoms with van der Waals surface area (Å²) in [5.74, 6) is -0.512. The molecule has 26 heavy (non-hydrogen) atoms. The van der Waals surface area contributed by atoms with Crippen LogP contribution in [-0.2, 0) is 6.42 Å². The van der Waals surface area contributed by atoms with Crippen molar-refractivity contribution in [1.29, 1.82) is 0 Å². The Hall–Kier alpha value is -1.76. The lowest BCUT2D eigenvalue weighted by Gasteiger charge is -2.40. The lowest BCUT2D eigenvalue weighted by Crippen LogP contribution is -2.50. The third-order valence-electron chi connectivity index (χ3n) is 6.01. The van der Waals surface area contributed by atoms with Gasteiger partial charge in [-0.05, 0) is 68.5 Å². The second-order valence-electron chi connectivity index (χ2n) is 7.75. The fourth-order valence-electron chi connectivity index (χ4n) is 4.77. The Morgan fingerprint density at radius 2 is 2.00 bits per heavy atom. The van der Waals surface area contributed by atoms with Gasteiger partial charge in [-0.1, -0.05) is 6.07 Å². The Bertz CT molecular complexity index is 867. The summed E-state index contributed by atoms with van der Waals surface area (Å²) in [5.41, 5.74) is 1.14. The van der Waals surface area contributed by atoms with Gasteiger partial charge in [0.1, 0.15) is 12.0 Å². The van der Waals surface area contributed by atoms with Crippen molar-refractivity contribution in [2.75, 3.05) is 0 Å². The van der Waals surface area contributed by atoms with E-state index < -0.39 is 17.6 Å². The summed E-state index contributed by atoms with van der Waals surface area (Å²) in [6, 6.07) is 5.29. The molecule has 2 saturated heterocycles. The first-order valence-corrected chi connectivity index (χ1v) is 9.38. The van der Waals surface area contributed by atoms with Crippen molar-refractivity contribution in [2.24, 2.45) is 0 Å². The predicted octanol–water partition coefficient (Wildman–Crippen LogP) is 2.21. The van der Waals surface area contributed by atoms with Crippen LogP contribution in [0, 0.1) is 12.7 Å². The molecule has 0 amide bonds. The smallest absolute Gasteiger partial charge is 0.259 e. The third kappa shape index (κ3) is 3.06. The second-order valence-corrected chi connectivity index (χ2v) is 7.75. The second kappa shape index (κ2) is 6.76. The number of hydrogen-bond acceptors (Lipinski definition) is 4. The summed E-state index contributed by atoms with van der Waals surface area (Å²) in [6.07, 6.45) is 3.64. The molecule has 6 heteroatoms. The number of aliphatic hydroxyl groups is 2. The Morgan fingerprint density at radius 3 is 2.69 bits per heavy atom. The van der Waals surface area contributed by atoms with Crippen LogP contribution in [0.2, 0.25) is 0 Å². The Morgan fingerprint density at radius 1 is 1.31 bits per heavy atom. The first kappa shape index (κ1) is 17.6. The van der Waals surface area contributed by atoms with Crippen molar-refractivity contribution in [3.63, 3.8) is 0 Å². The van der Waals surface area contributed by atoms with E-state index in [0.29, 0.717) is 23.9 Å². The number of aliphatic hydroxyl groups excluding tert-OH is 2. The number of halogens is 1. The number of aromatic nitrogens is 1. The van der Waals surface area contributed by atoms with Gasteiger partial charge in [0.25, 0.3) is 5.56 Å². The zero-order valence-electron chi connectivity index (χ0n) is 14.9. The van der Waals surface area contributed by atoms with Gasteiger partial charge in [-0.3, -0.25) is 9.69 Å². The number of aromatic amines is 1. The molecule has 2 aromatic rings. The molecule has 0 radical (unpaired) electrons. The Kier molecular flexibility index (Phi) is 4.59. The van der Waals surface area contributed by atoms with Crippen LogP contribution in [0.3, 0.4) is 0 Å². The van der Waals surface area contributed by atoms with Crippen molar-refractivity contribution >= 4 is 10.8 Å². The quantitative estimate of drug-likeness (QED) is 0.781. The summed E-state index contributed by atoms with van der Waals surface area (Å²) in [5, 5.41) is 21.3. The zero-order valence-corrected chi connectivity index (χ0v) is 14.9. The van der Waals surface area contributed by atoms with Crippen LogP contribution in [0.1, 0.15) is 43.4 Å². The Labute approximate surface area is 151 Å². The van der Waals surface area contributed by atoms with Gasteiger partial charge in [-0.25, -0.2) is 4.39 Å². The van der Waals surface area contributed by atoms with Crippen molar-refractivity contribution in [3.05, 3.63) is 45.6 Å². The summed E-state index contributed by atoms with van der Waals surface area (Å²) < 4.78 is 14.0. The average molecular weight is 360 g/mol. The highest BCUT2D eigenvalue weighted by Gasteiger charge is 2.42. The molecule has 2 aliphatic rings. The van der Waals surface area contributed by atoms with Crippen LogP contribution in [-0.4, -0.2) is 44.5 Å². The largest absolute Gasteiger partial charge is 0.393 e. The lowest BCUT2D eigenvalue weighted by atomic mass is 9.98. The summed E-state index contributed by atoms with van der Waals surface area (Å²) in [6.45, 7) is 1.86. The third-order valence-corrected chi connectivity index (χ3v) is 6.01. The van der Waals surface area contributed by atoms with Crippen molar-refractivity contribution in [1.82, 2.24) is 9.88 Å². The molecule has 0 spiro atoms. The van der Waals surface area contributed by atoms with Gasteiger partial charge in [-0.15, -0.1) is 0 Å². The fourth-order valence-corrected chi connectivity index (χ4v) is 4.77. The molecule has 0 saturated carbocycles. The van der Waals surface area contributed by atoms with E-state index in [-0.39, 0.29) is 23.6 Å². The highest BCUT2D eigenvalue weighted by atomic mass is 19.1. The van der Waals surface area contributed by atoms with E-state index in [4.69, 9.17) is 0 Å². The monoisotopic (exact) mass is 360 g/mol. The highest BCUT2D eigenvalue weighted by Crippen LogP contribution is 2.37. The molecule has 5 nitrogen and oxygen atoms in total. The van der Waals surface area contributed by atoms with Gasteiger partial charge in [0.05, 0.1) is 11.5 Å². The fraction of sp³-hybridized carbons (Fsp3) is 0.550. The molecule has 2 aliphatic heterocycles. The Balaban J connectivity index is 1.52. The normalized spacial score (nSPS) is 27.2. The molecular weight excluding hydrogens is 335 g/mol. The van der Waals surface area contributed by atoms with Gasteiger partial charge >= 0.3 is 0 Å². The van der Waals surface area contributed by atoms with E-state index in [1.54, 1.807) is 6.07 Å². The zero-order chi connectivity index (χ0) is 18.4. The number of piperidine rings is 1. The summed E-state index contributed by atoms with van der Waals surface area (Å²) >= 11 is 0. The molecular formula is C20H25FN2O3. The maximum atomic E-state index is 14.0. The molecule has 3 heterocycles. The number of rotatable bonds is 4. The van der Waals surface area contributed by atoms with Crippen LogP contribution >= 0.6 is 0 Å². The molecule has 2 fully saturated rings. The van der Waals surface area contributed by atoms with Crippen LogP contribution in [0.15, 0.2) is 23.0 Å². The topological polar surface area (TPSA) is 76.6 Å². The number of benzene rings is 1. The summed E-state index contributed by atoms with van der Waals surface area (Å²) in [4.78, 5) is 17.2. The van der Waals surface area contributed by atoms with E-state index in [1.807, 2.05) is 13.0 Å². The molecule has 1 aromatic carbocycles. The van der Waals surface area contributed by atoms with Crippen molar-refractivity contribution in [3.8, 4) is 0 Å². The van der Waals surface area contributed by atoms with Crippen LogP contribution in [0.4, 0.5) is 4.39 Å². The van der Waals surface area contributed by atoms with Crippen molar-refractivity contribution in [2.45, 2.75) is 69.9 Å². The first-order chi connectivity index (χ1) is 12.4. The minimum atomic E-state index is -0.590. The SMILES string of the molecule is Cc1ccc(F)c2c(=O)[nH]c(CCC(O)N3C4CCC3CC(O)C4)cc12. The standard InChI is InChI=1S/C20H25FN2O3/c1-11-2-6-17(21)19-16(11)8-12(22-20(19)26)3-7-18(25)23-13-4-5-14(23)10-15(24)9-13/h2,6,8,13-15,18,24-25H,3-5,7,9-10H2,1H3,(H,22,26). The van der Waals surface area contributed by atoms with E-state index in [2.05, 4.69) is 9.88 Å². The number of hydrogen-bond donors (Lipinski definition) is 3. The maximum absolute atomic E-state index is 14.0. The molecule has 3 N–H and O–H groups in total. The van der Waals surface area contributed by atoms with Crippen LogP contribution < -0.4 is 5.56 Å². The molecule has 2 bridgehead atoms. The molecule has 1 aromatic heterocycles. The van der Waals surface area contributed by atoms with Gasteiger partial charge < -0.3 is 15.2 Å².